The molecule has 0 radical (unpaired) electrons. The van der Waals surface area contributed by atoms with E-state index in [1.807, 2.05) is 16.8 Å². The molecule has 11 heteroatoms. The third kappa shape index (κ3) is 4.84. The summed E-state index contributed by atoms with van der Waals surface area (Å²) >= 11 is 10.0. The third-order valence-corrected chi connectivity index (χ3v) is 7.45. The zero-order valence-corrected chi connectivity index (χ0v) is 20.1. The number of aromatic nitrogens is 4. The standard InChI is InChI=1S/C11H15BrN4S.C6H5BrN2OS/c1-14-2-4-15(5-3-14)6-9-7-16-8-10(12)17-11(16)13-9;7-5-2-9-1-4(3-10)8-6(9)11-5/h7-8H,2-6H2,1H3;1-2,10H,3H2. The van der Waals surface area contributed by atoms with Crippen LogP contribution in [0.25, 0.3) is 9.92 Å². The topological polar surface area (TPSA) is 61.3 Å². The van der Waals surface area contributed by atoms with Gasteiger partial charge in [-0.15, -0.1) is 0 Å². The summed E-state index contributed by atoms with van der Waals surface area (Å²) in [6.45, 7) is 5.59. The molecule has 0 saturated carbocycles. The van der Waals surface area contributed by atoms with Crippen LogP contribution in [-0.2, 0) is 13.2 Å². The lowest BCUT2D eigenvalue weighted by Crippen LogP contribution is -2.43. The zero-order valence-electron chi connectivity index (χ0n) is 15.3. The second-order valence-corrected chi connectivity index (χ2v) is 11.4. The smallest absolute Gasteiger partial charge is 0.195 e. The maximum Gasteiger partial charge on any atom is 0.195 e. The molecule has 150 valence electrons. The van der Waals surface area contributed by atoms with Gasteiger partial charge in [0, 0.05) is 57.5 Å². The van der Waals surface area contributed by atoms with Gasteiger partial charge < -0.3 is 10.0 Å². The van der Waals surface area contributed by atoms with Gasteiger partial charge in [-0.3, -0.25) is 13.7 Å². The van der Waals surface area contributed by atoms with Crippen molar-refractivity contribution in [2.75, 3.05) is 33.2 Å². The monoisotopic (exact) mass is 546 g/mol. The number of halogens is 2. The van der Waals surface area contributed by atoms with E-state index in [0.717, 1.165) is 50.2 Å². The van der Waals surface area contributed by atoms with Crippen molar-refractivity contribution >= 4 is 64.5 Å². The average Bonchev–Trinajstić information content (AvgIpc) is 3.36. The quantitative estimate of drug-likeness (QED) is 0.425. The Balaban J connectivity index is 0.000000151. The molecule has 0 aliphatic carbocycles. The van der Waals surface area contributed by atoms with E-state index in [9.17, 15) is 0 Å². The minimum Gasteiger partial charge on any atom is -0.390 e. The normalized spacial score (nSPS) is 16.0. The molecule has 0 aromatic carbocycles. The van der Waals surface area contributed by atoms with Gasteiger partial charge in [0.15, 0.2) is 9.92 Å². The van der Waals surface area contributed by atoms with E-state index >= 15 is 0 Å². The van der Waals surface area contributed by atoms with Crippen LogP contribution in [0.2, 0.25) is 0 Å². The Labute approximate surface area is 187 Å². The van der Waals surface area contributed by atoms with Crippen molar-refractivity contribution in [2.24, 2.45) is 0 Å². The van der Waals surface area contributed by atoms with E-state index in [1.54, 1.807) is 22.7 Å². The number of aliphatic hydroxyl groups is 1. The largest absolute Gasteiger partial charge is 0.390 e. The van der Waals surface area contributed by atoms with Crippen molar-refractivity contribution in [1.82, 2.24) is 28.6 Å². The molecule has 1 aliphatic rings. The second kappa shape index (κ2) is 8.90. The summed E-state index contributed by atoms with van der Waals surface area (Å²) in [6.07, 6.45) is 7.94. The molecular formula is C17H20Br2N6OS2. The molecule has 0 unspecified atom stereocenters. The highest BCUT2D eigenvalue weighted by Crippen LogP contribution is 2.23. The predicted octanol–water partition coefficient (Wildman–Crippen LogP) is 3.56. The number of likely N-dealkylation sites (N-methyl/N-ethyl adjacent to an activating group) is 1. The molecule has 0 bridgehead atoms. The van der Waals surface area contributed by atoms with Crippen molar-refractivity contribution in [1.29, 1.82) is 0 Å². The molecule has 1 fully saturated rings. The molecule has 0 amide bonds. The van der Waals surface area contributed by atoms with E-state index in [4.69, 9.17) is 5.11 Å². The molecule has 4 aromatic rings. The molecule has 1 N–H and O–H groups in total. The molecule has 28 heavy (non-hydrogen) atoms. The zero-order chi connectivity index (χ0) is 19.7. The maximum absolute atomic E-state index is 8.74. The number of hydrogen-bond acceptors (Lipinski definition) is 7. The third-order valence-electron chi connectivity index (χ3n) is 4.50. The molecular weight excluding hydrogens is 528 g/mol. The second-order valence-electron chi connectivity index (χ2n) is 6.65. The maximum atomic E-state index is 8.74. The van der Waals surface area contributed by atoms with E-state index in [-0.39, 0.29) is 6.61 Å². The van der Waals surface area contributed by atoms with Crippen molar-refractivity contribution in [3.8, 4) is 0 Å². The molecule has 1 aliphatic heterocycles. The van der Waals surface area contributed by atoms with Crippen LogP contribution in [-0.4, -0.2) is 66.9 Å². The van der Waals surface area contributed by atoms with Gasteiger partial charge in [0.25, 0.3) is 0 Å². The van der Waals surface area contributed by atoms with Crippen LogP contribution < -0.4 is 0 Å². The molecule has 5 heterocycles. The number of thiazole rings is 2. The van der Waals surface area contributed by atoms with Crippen molar-refractivity contribution in [2.45, 2.75) is 13.2 Å². The van der Waals surface area contributed by atoms with Crippen LogP contribution in [0.15, 0.2) is 32.4 Å². The van der Waals surface area contributed by atoms with Crippen LogP contribution in [0, 0.1) is 0 Å². The van der Waals surface area contributed by atoms with Gasteiger partial charge in [0.1, 0.15) is 0 Å². The van der Waals surface area contributed by atoms with Crippen LogP contribution in [0.5, 0.6) is 0 Å². The summed E-state index contributed by atoms with van der Waals surface area (Å²) in [5, 5.41) is 8.74. The van der Waals surface area contributed by atoms with E-state index in [1.165, 1.54) is 5.69 Å². The van der Waals surface area contributed by atoms with Crippen LogP contribution in [0.3, 0.4) is 0 Å². The van der Waals surface area contributed by atoms with Gasteiger partial charge in [-0.25, -0.2) is 9.97 Å². The fourth-order valence-corrected chi connectivity index (χ4v) is 5.76. The number of imidazole rings is 2. The molecule has 0 spiro atoms. The fraction of sp³-hybridized carbons (Fsp3) is 0.412. The van der Waals surface area contributed by atoms with E-state index in [2.05, 4.69) is 75.5 Å². The summed E-state index contributed by atoms with van der Waals surface area (Å²) in [7, 11) is 2.18. The van der Waals surface area contributed by atoms with E-state index in [0.29, 0.717) is 5.69 Å². The van der Waals surface area contributed by atoms with Crippen LogP contribution in [0.1, 0.15) is 11.4 Å². The van der Waals surface area contributed by atoms with Crippen molar-refractivity contribution in [3.05, 3.63) is 43.7 Å². The van der Waals surface area contributed by atoms with Gasteiger partial charge in [-0.2, -0.15) is 0 Å². The summed E-state index contributed by atoms with van der Waals surface area (Å²) in [6, 6.07) is 0. The molecule has 7 nitrogen and oxygen atoms in total. The Hall–Kier alpha value is -0.820. The molecule has 5 rings (SSSR count). The van der Waals surface area contributed by atoms with Gasteiger partial charge >= 0.3 is 0 Å². The van der Waals surface area contributed by atoms with Crippen molar-refractivity contribution < 1.29 is 5.11 Å². The summed E-state index contributed by atoms with van der Waals surface area (Å²) < 4.78 is 6.16. The number of rotatable bonds is 3. The lowest BCUT2D eigenvalue weighted by molar-refractivity contribution is 0.147. The Morgan fingerprint density at radius 1 is 0.893 bits per heavy atom. The Morgan fingerprint density at radius 2 is 1.43 bits per heavy atom. The molecule has 4 aromatic heterocycles. The first-order valence-electron chi connectivity index (χ1n) is 8.78. The van der Waals surface area contributed by atoms with Crippen LogP contribution >= 0.6 is 54.5 Å². The first-order valence-corrected chi connectivity index (χ1v) is 12.0. The number of hydrogen-bond donors (Lipinski definition) is 1. The van der Waals surface area contributed by atoms with Gasteiger partial charge in [-0.05, 0) is 38.9 Å². The molecule has 1 saturated heterocycles. The Morgan fingerprint density at radius 3 is 1.96 bits per heavy atom. The first-order chi connectivity index (χ1) is 13.5. The number of piperazine rings is 1. The Bertz CT molecular complexity index is 1000. The van der Waals surface area contributed by atoms with Crippen molar-refractivity contribution in [3.63, 3.8) is 0 Å². The number of aliphatic hydroxyl groups excluding tert-OH is 1. The van der Waals surface area contributed by atoms with Gasteiger partial charge in [0.2, 0.25) is 0 Å². The fourth-order valence-electron chi connectivity index (χ4n) is 3.02. The van der Waals surface area contributed by atoms with E-state index < -0.39 is 0 Å². The first kappa shape index (κ1) is 20.5. The molecule has 0 atom stereocenters. The lowest BCUT2D eigenvalue weighted by atomic mass is 10.3. The summed E-state index contributed by atoms with van der Waals surface area (Å²) in [4.78, 5) is 15.6. The minimum absolute atomic E-state index is 0.00597. The summed E-state index contributed by atoms with van der Waals surface area (Å²) in [5.41, 5.74) is 1.89. The summed E-state index contributed by atoms with van der Waals surface area (Å²) in [5.74, 6) is 0. The van der Waals surface area contributed by atoms with Gasteiger partial charge in [0.05, 0.1) is 25.6 Å². The SMILES string of the molecule is CN1CCN(Cc2cn3cc(Br)sc3n2)CC1.OCc1cn2cc(Br)sc2n1. The number of fused-ring (bicyclic) bond motifs is 2. The highest BCUT2D eigenvalue weighted by Gasteiger charge is 2.15. The highest BCUT2D eigenvalue weighted by molar-refractivity contribution is 9.11. The van der Waals surface area contributed by atoms with Gasteiger partial charge in [-0.1, -0.05) is 22.7 Å². The van der Waals surface area contributed by atoms with Crippen LogP contribution in [0.4, 0.5) is 0 Å². The highest BCUT2D eigenvalue weighted by atomic mass is 79.9. The minimum atomic E-state index is 0.00597. The average molecular weight is 548 g/mol. The Kier molecular flexibility index (Phi) is 6.50. The number of nitrogens with zero attached hydrogens (tertiary/aromatic N) is 6. The lowest BCUT2D eigenvalue weighted by Gasteiger charge is -2.31. The predicted molar refractivity (Wildman–Crippen MR) is 120 cm³/mol.